The van der Waals surface area contributed by atoms with E-state index < -0.39 is 0 Å². The fourth-order valence-electron chi connectivity index (χ4n) is 2.27. The van der Waals surface area contributed by atoms with Gasteiger partial charge in [0, 0.05) is 28.3 Å². The third-order valence-electron chi connectivity index (χ3n) is 3.43. The van der Waals surface area contributed by atoms with Crippen LogP contribution in [0.5, 0.6) is 5.75 Å². The van der Waals surface area contributed by atoms with Crippen molar-refractivity contribution < 1.29 is 4.74 Å². The lowest BCUT2D eigenvalue weighted by molar-refractivity contribution is 0.242. The SMILES string of the molecule is CC(C)Oc1cccc(C(C)NCCSc2cc(Cl)ccc2Cl)c1. The van der Waals surface area contributed by atoms with E-state index in [0.717, 1.165) is 28.0 Å². The monoisotopic (exact) mass is 383 g/mol. The standard InChI is InChI=1S/C19H23Cl2NOS/c1-13(2)23-17-6-4-5-15(11-17)14(3)22-9-10-24-19-12-16(20)7-8-18(19)21/h4-8,11-14,22H,9-10H2,1-3H3. The van der Waals surface area contributed by atoms with E-state index >= 15 is 0 Å². The van der Waals surface area contributed by atoms with E-state index in [1.165, 1.54) is 5.56 Å². The minimum absolute atomic E-state index is 0.183. The van der Waals surface area contributed by atoms with Crippen LogP contribution in [0.25, 0.3) is 0 Å². The minimum Gasteiger partial charge on any atom is -0.491 e. The van der Waals surface area contributed by atoms with Gasteiger partial charge >= 0.3 is 0 Å². The predicted octanol–water partition coefficient (Wildman–Crippen LogP) is 6.22. The van der Waals surface area contributed by atoms with Crippen molar-refractivity contribution >= 4 is 35.0 Å². The van der Waals surface area contributed by atoms with Crippen molar-refractivity contribution in [2.75, 3.05) is 12.3 Å². The van der Waals surface area contributed by atoms with Crippen molar-refractivity contribution in [3.05, 3.63) is 58.1 Å². The summed E-state index contributed by atoms with van der Waals surface area (Å²) in [5.41, 5.74) is 1.22. The van der Waals surface area contributed by atoms with Crippen molar-refractivity contribution in [3.8, 4) is 5.75 Å². The molecule has 130 valence electrons. The first-order chi connectivity index (χ1) is 11.5. The van der Waals surface area contributed by atoms with Gasteiger partial charge in [0.05, 0.1) is 11.1 Å². The highest BCUT2D eigenvalue weighted by Crippen LogP contribution is 2.29. The maximum absolute atomic E-state index is 6.18. The summed E-state index contributed by atoms with van der Waals surface area (Å²) in [6, 6.07) is 14.0. The first kappa shape index (κ1) is 19.5. The fraction of sp³-hybridized carbons (Fsp3) is 0.368. The van der Waals surface area contributed by atoms with Gasteiger partial charge < -0.3 is 10.1 Å². The number of thioether (sulfide) groups is 1. The predicted molar refractivity (Wildman–Crippen MR) is 106 cm³/mol. The van der Waals surface area contributed by atoms with Gasteiger partial charge in [0.1, 0.15) is 5.75 Å². The Bertz CT molecular complexity index is 664. The molecule has 2 aromatic carbocycles. The van der Waals surface area contributed by atoms with Crippen molar-refractivity contribution in [1.29, 1.82) is 0 Å². The molecule has 0 spiro atoms. The molecule has 0 aliphatic rings. The molecular formula is C19H23Cl2NOS. The third-order valence-corrected chi connectivity index (χ3v) is 5.17. The first-order valence-electron chi connectivity index (χ1n) is 8.03. The number of ether oxygens (including phenoxy) is 1. The number of hydrogen-bond donors (Lipinski definition) is 1. The topological polar surface area (TPSA) is 21.3 Å². The molecule has 0 aliphatic carbocycles. The molecule has 2 aromatic rings. The van der Waals surface area contributed by atoms with Crippen LogP contribution < -0.4 is 10.1 Å². The second kappa shape index (κ2) is 9.57. The second-order valence-electron chi connectivity index (χ2n) is 5.84. The van der Waals surface area contributed by atoms with Gasteiger partial charge in [0.2, 0.25) is 0 Å². The number of benzene rings is 2. The van der Waals surface area contributed by atoms with Gasteiger partial charge in [-0.2, -0.15) is 0 Å². The Morgan fingerprint density at radius 2 is 1.88 bits per heavy atom. The Morgan fingerprint density at radius 3 is 2.62 bits per heavy atom. The molecule has 0 amide bonds. The first-order valence-corrected chi connectivity index (χ1v) is 9.77. The largest absolute Gasteiger partial charge is 0.491 e. The van der Waals surface area contributed by atoms with Crippen LogP contribution >= 0.6 is 35.0 Å². The zero-order valence-electron chi connectivity index (χ0n) is 14.2. The number of rotatable bonds is 8. The van der Waals surface area contributed by atoms with Crippen LogP contribution in [0.4, 0.5) is 0 Å². The van der Waals surface area contributed by atoms with E-state index in [0.29, 0.717) is 5.02 Å². The molecule has 0 radical (unpaired) electrons. The summed E-state index contributed by atoms with van der Waals surface area (Å²) in [6.45, 7) is 7.11. The zero-order valence-corrected chi connectivity index (χ0v) is 16.5. The van der Waals surface area contributed by atoms with Crippen molar-refractivity contribution in [3.63, 3.8) is 0 Å². The van der Waals surface area contributed by atoms with Crippen LogP contribution in [-0.2, 0) is 0 Å². The Hall–Kier alpha value is -0.870. The average Bonchev–Trinajstić information content (AvgIpc) is 2.54. The maximum atomic E-state index is 6.18. The average molecular weight is 384 g/mol. The summed E-state index contributed by atoms with van der Waals surface area (Å²) in [4.78, 5) is 1.02. The molecule has 0 aromatic heterocycles. The molecule has 1 N–H and O–H groups in total. The van der Waals surface area contributed by atoms with Crippen molar-refractivity contribution in [2.45, 2.75) is 37.8 Å². The van der Waals surface area contributed by atoms with E-state index in [9.17, 15) is 0 Å². The van der Waals surface area contributed by atoms with E-state index in [-0.39, 0.29) is 12.1 Å². The van der Waals surface area contributed by atoms with Crippen molar-refractivity contribution in [2.24, 2.45) is 0 Å². The molecule has 24 heavy (non-hydrogen) atoms. The van der Waals surface area contributed by atoms with E-state index in [2.05, 4.69) is 24.4 Å². The Labute approximate surface area is 158 Å². The highest BCUT2D eigenvalue weighted by molar-refractivity contribution is 7.99. The fourth-order valence-corrected chi connectivity index (χ4v) is 3.65. The van der Waals surface area contributed by atoms with Gasteiger partial charge in [-0.25, -0.2) is 0 Å². The van der Waals surface area contributed by atoms with Gasteiger partial charge in [-0.15, -0.1) is 11.8 Å². The molecule has 0 saturated heterocycles. The summed E-state index contributed by atoms with van der Waals surface area (Å²) >= 11 is 13.9. The maximum Gasteiger partial charge on any atom is 0.120 e. The number of halogens is 2. The van der Waals surface area contributed by atoms with Gasteiger partial charge in [-0.3, -0.25) is 0 Å². The summed E-state index contributed by atoms with van der Waals surface area (Å²) < 4.78 is 5.75. The van der Waals surface area contributed by atoms with Gasteiger partial charge in [-0.05, 0) is 56.7 Å². The summed E-state index contributed by atoms with van der Waals surface area (Å²) in [5, 5.41) is 4.99. The molecule has 2 nitrogen and oxygen atoms in total. The molecule has 1 atom stereocenters. The highest BCUT2D eigenvalue weighted by Gasteiger charge is 2.07. The molecule has 1 unspecified atom stereocenters. The number of hydrogen-bond acceptors (Lipinski definition) is 3. The van der Waals surface area contributed by atoms with Crippen LogP contribution in [0.1, 0.15) is 32.4 Å². The molecule has 0 bridgehead atoms. The van der Waals surface area contributed by atoms with E-state index in [1.807, 2.05) is 38.1 Å². The minimum atomic E-state index is 0.183. The van der Waals surface area contributed by atoms with Gasteiger partial charge in [0.15, 0.2) is 0 Å². The molecule has 0 aliphatic heterocycles. The second-order valence-corrected chi connectivity index (χ2v) is 7.82. The third kappa shape index (κ3) is 6.21. The van der Waals surface area contributed by atoms with Crippen LogP contribution in [0, 0.1) is 0 Å². The molecule has 5 heteroatoms. The van der Waals surface area contributed by atoms with Crippen LogP contribution in [0.2, 0.25) is 10.0 Å². The van der Waals surface area contributed by atoms with Crippen LogP contribution in [0.3, 0.4) is 0 Å². The lowest BCUT2D eigenvalue weighted by Crippen LogP contribution is -2.21. The van der Waals surface area contributed by atoms with Gasteiger partial charge in [-0.1, -0.05) is 35.3 Å². The number of nitrogens with one attached hydrogen (secondary N) is 1. The molecule has 0 heterocycles. The van der Waals surface area contributed by atoms with E-state index in [1.54, 1.807) is 17.8 Å². The van der Waals surface area contributed by atoms with Crippen molar-refractivity contribution in [1.82, 2.24) is 5.32 Å². The lowest BCUT2D eigenvalue weighted by Gasteiger charge is -2.16. The summed E-state index contributed by atoms with van der Waals surface area (Å²) in [5.74, 6) is 1.84. The summed E-state index contributed by atoms with van der Waals surface area (Å²) in [7, 11) is 0. The van der Waals surface area contributed by atoms with E-state index in [4.69, 9.17) is 27.9 Å². The smallest absolute Gasteiger partial charge is 0.120 e. The Kier molecular flexibility index (Phi) is 7.76. The lowest BCUT2D eigenvalue weighted by atomic mass is 10.1. The molecular weight excluding hydrogens is 361 g/mol. The highest BCUT2D eigenvalue weighted by atomic mass is 35.5. The van der Waals surface area contributed by atoms with Crippen LogP contribution in [0.15, 0.2) is 47.4 Å². The zero-order chi connectivity index (χ0) is 17.5. The quantitative estimate of drug-likeness (QED) is 0.431. The molecule has 0 saturated carbocycles. The van der Waals surface area contributed by atoms with Gasteiger partial charge in [0.25, 0.3) is 0 Å². The Balaban J connectivity index is 1.82. The summed E-state index contributed by atoms with van der Waals surface area (Å²) in [6.07, 6.45) is 0.183. The Morgan fingerprint density at radius 1 is 1.08 bits per heavy atom. The normalized spacial score (nSPS) is 12.4. The molecule has 2 rings (SSSR count). The van der Waals surface area contributed by atoms with Crippen LogP contribution in [-0.4, -0.2) is 18.4 Å². The molecule has 0 fully saturated rings.